The lowest BCUT2D eigenvalue weighted by Gasteiger charge is -2.30. The largest absolute Gasteiger partial charge is 0.493 e. The van der Waals surface area contributed by atoms with Crippen molar-refractivity contribution in [2.24, 2.45) is 0 Å². The van der Waals surface area contributed by atoms with Crippen molar-refractivity contribution >= 4 is 5.91 Å². The Morgan fingerprint density at radius 3 is 2.85 bits per heavy atom. The van der Waals surface area contributed by atoms with Gasteiger partial charge in [0.1, 0.15) is 5.75 Å². The van der Waals surface area contributed by atoms with Crippen LogP contribution in [0.25, 0.3) is 0 Å². The molecule has 1 N–H and O–H groups in total. The number of aliphatic hydroxyl groups excluding tert-OH is 1. The van der Waals surface area contributed by atoms with Crippen LogP contribution >= 0.6 is 0 Å². The number of hydrogen-bond donors (Lipinski definition) is 1. The van der Waals surface area contributed by atoms with Crippen LogP contribution in [-0.2, 0) is 16.0 Å². The maximum absolute atomic E-state index is 13.3. The number of amides is 1. The Morgan fingerprint density at radius 1 is 1.18 bits per heavy atom. The van der Waals surface area contributed by atoms with Crippen LogP contribution in [0.4, 0.5) is 0 Å². The van der Waals surface area contributed by atoms with Crippen molar-refractivity contribution in [1.82, 2.24) is 9.80 Å². The van der Waals surface area contributed by atoms with Crippen LogP contribution in [0.3, 0.4) is 0 Å². The number of ether oxygens (including phenoxy) is 2. The van der Waals surface area contributed by atoms with Gasteiger partial charge in [0.05, 0.1) is 19.3 Å². The molecule has 34 heavy (non-hydrogen) atoms. The molecular weight excluding hydrogens is 428 g/mol. The predicted molar refractivity (Wildman–Crippen MR) is 134 cm³/mol. The summed E-state index contributed by atoms with van der Waals surface area (Å²) in [6.45, 7) is 6.83. The van der Waals surface area contributed by atoms with Gasteiger partial charge in [-0.15, -0.1) is 0 Å². The van der Waals surface area contributed by atoms with Crippen molar-refractivity contribution < 1.29 is 19.4 Å². The Labute approximate surface area is 205 Å². The van der Waals surface area contributed by atoms with Gasteiger partial charge in [-0.3, -0.25) is 9.69 Å². The number of fused-ring (bicyclic) bond motifs is 1. The summed E-state index contributed by atoms with van der Waals surface area (Å²) < 4.78 is 11.7. The van der Waals surface area contributed by atoms with Crippen LogP contribution in [0.15, 0.2) is 18.2 Å². The Morgan fingerprint density at radius 2 is 2.06 bits per heavy atom. The summed E-state index contributed by atoms with van der Waals surface area (Å²) in [5.41, 5.74) is 2.72. The summed E-state index contributed by atoms with van der Waals surface area (Å²) in [6, 6.07) is 7.12. The van der Waals surface area contributed by atoms with E-state index < -0.39 is 0 Å². The maximum Gasteiger partial charge on any atom is 0.236 e. The fraction of sp³-hybridized carbons (Fsp3) is 0.750. The molecule has 0 aliphatic carbocycles. The van der Waals surface area contributed by atoms with Gasteiger partial charge in [0.25, 0.3) is 0 Å². The first-order valence-corrected chi connectivity index (χ1v) is 13.7. The van der Waals surface area contributed by atoms with Crippen molar-refractivity contribution in [3.63, 3.8) is 0 Å². The van der Waals surface area contributed by atoms with Crippen molar-refractivity contribution in [2.75, 3.05) is 46.0 Å². The molecule has 0 saturated carbocycles. The smallest absolute Gasteiger partial charge is 0.236 e. The highest BCUT2D eigenvalue weighted by Crippen LogP contribution is 2.37. The van der Waals surface area contributed by atoms with Gasteiger partial charge in [-0.05, 0) is 74.5 Å². The number of likely N-dealkylation sites (tertiary alicyclic amines) is 1. The third-order valence-electron chi connectivity index (χ3n) is 7.87. The van der Waals surface area contributed by atoms with Crippen molar-refractivity contribution in [3.8, 4) is 5.75 Å². The highest BCUT2D eigenvalue weighted by atomic mass is 16.5. The predicted octanol–water partition coefficient (Wildman–Crippen LogP) is 4.14. The van der Waals surface area contributed by atoms with Gasteiger partial charge in [-0.25, -0.2) is 0 Å². The molecule has 0 aromatic heterocycles. The minimum atomic E-state index is 0.133. The molecule has 1 unspecified atom stereocenters. The van der Waals surface area contributed by atoms with E-state index in [0.29, 0.717) is 37.6 Å². The van der Waals surface area contributed by atoms with Gasteiger partial charge < -0.3 is 19.5 Å². The zero-order valence-electron chi connectivity index (χ0n) is 21.1. The molecule has 4 rings (SSSR count). The molecule has 2 saturated heterocycles. The molecule has 1 aromatic rings. The molecule has 3 aliphatic rings. The number of hydrogen-bond acceptors (Lipinski definition) is 5. The summed E-state index contributed by atoms with van der Waals surface area (Å²) in [5.74, 6) is 1.71. The van der Waals surface area contributed by atoms with E-state index in [-0.39, 0.29) is 12.5 Å². The Bertz CT molecular complexity index is 772. The molecular formula is C28H44N2O4. The minimum absolute atomic E-state index is 0.133. The molecule has 1 aromatic carbocycles. The number of aliphatic hydroxyl groups is 1. The molecule has 6 heteroatoms. The second kappa shape index (κ2) is 12.9. The lowest BCUT2D eigenvalue weighted by molar-refractivity contribution is -0.133. The number of carbonyl (C=O) groups is 1. The van der Waals surface area contributed by atoms with Crippen LogP contribution in [0.2, 0.25) is 0 Å². The molecule has 3 aliphatic heterocycles. The number of carbonyl (C=O) groups excluding carboxylic acids is 1. The van der Waals surface area contributed by atoms with Gasteiger partial charge in [-0.2, -0.15) is 0 Å². The summed E-state index contributed by atoms with van der Waals surface area (Å²) in [6.07, 6.45) is 11.0. The van der Waals surface area contributed by atoms with E-state index in [4.69, 9.17) is 9.47 Å². The Balaban J connectivity index is 1.42. The third-order valence-corrected chi connectivity index (χ3v) is 7.87. The average molecular weight is 473 g/mol. The molecule has 190 valence electrons. The fourth-order valence-electron chi connectivity index (χ4n) is 5.84. The zero-order valence-corrected chi connectivity index (χ0v) is 21.1. The second-order valence-electron chi connectivity index (χ2n) is 10.4. The van der Waals surface area contributed by atoms with Gasteiger partial charge in [0.2, 0.25) is 5.91 Å². The van der Waals surface area contributed by atoms with E-state index in [0.717, 1.165) is 70.6 Å². The molecule has 3 atom stereocenters. The van der Waals surface area contributed by atoms with Gasteiger partial charge in [0, 0.05) is 45.3 Å². The van der Waals surface area contributed by atoms with E-state index in [2.05, 4.69) is 30.0 Å². The number of benzene rings is 1. The van der Waals surface area contributed by atoms with Gasteiger partial charge in [-0.1, -0.05) is 25.5 Å². The first-order chi connectivity index (χ1) is 16.7. The summed E-state index contributed by atoms with van der Waals surface area (Å²) in [4.78, 5) is 17.7. The van der Waals surface area contributed by atoms with Gasteiger partial charge >= 0.3 is 0 Å². The lowest BCUT2D eigenvalue weighted by Crippen LogP contribution is -2.43. The molecule has 1 amide bonds. The molecule has 0 spiro atoms. The topological polar surface area (TPSA) is 62.2 Å². The fourth-order valence-corrected chi connectivity index (χ4v) is 5.84. The minimum Gasteiger partial charge on any atom is -0.493 e. The van der Waals surface area contributed by atoms with Crippen molar-refractivity contribution in [3.05, 3.63) is 29.3 Å². The first kappa shape index (κ1) is 25.5. The highest BCUT2D eigenvalue weighted by molar-refractivity contribution is 5.78. The molecule has 2 fully saturated rings. The van der Waals surface area contributed by atoms with Crippen LogP contribution in [0, 0.1) is 0 Å². The molecule has 0 bridgehead atoms. The Kier molecular flexibility index (Phi) is 9.66. The lowest BCUT2D eigenvalue weighted by atomic mass is 9.92. The standard InChI is InChI=1S/C28H44N2O4/c1-2-3-13-29(14-6-15-31)28(32)21-30-20-24(22-8-11-27-23(18-22)12-17-34-27)19-25(30)9-10-26-7-4-5-16-33-26/h8,11,18,24-26,31H,2-7,9-10,12-17,19-21H2,1H3/t24-,25+,26?/m1/s1. The summed E-state index contributed by atoms with van der Waals surface area (Å²) >= 11 is 0. The summed E-state index contributed by atoms with van der Waals surface area (Å²) in [5, 5.41) is 9.30. The van der Waals surface area contributed by atoms with E-state index in [1.807, 2.05) is 4.90 Å². The van der Waals surface area contributed by atoms with Crippen LogP contribution in [0.5, 0.6) is 5.75 Å². The molecule has 3 heterocycles. The highest BCUT2D eigenvalue weighted by Gasteiger charge is 2.35. The van der Waals surface area contributed by atoms with Crippen LogP contribution in [-0.4, -0.2) is 79.0 Å². The van der Waals surface area contributed by atoms with Crippen LogP contribution < -0.4 is 4.74 Å². The number of rotatable bonds is 12. The monoisotopic (exact) mass is 472 g/mol. The normalized spacial score (nSPS) is 24.7. The number of unbranched alkanes of at least 4 members (excludes halogenated alkanes) is 1. The maximum atomic E-state index is 13.3. The number of nitrogens with zero attached hydrogens (tertiary/aromatic N) is 2. The van der Waals surface area contributed by atoms with Crippen molar-refractivity contribution in [2.45, 2.75) is 89.2 Å². The first-order valence-electron chi connectivity index (χ1n) is 13.7. The third kappa shape index (κ3) is 6.73. The van der Waals surface area contributed by atoms with E-state index in [9.17, 15) is 9.90 Å². The van der Waals surface area contributed by atoms with E-state index in [1.165, 1.54) is 30.4 Å². The second-order valence-corrected chi connectivity index (χ2v) is 10.4. The average Bonchev–Trinajstić information content (AvgIpc) is 3.50. The Hall–Kier alpha value is -1.63. The van der Waals surface area contributed by atoms with Gasteiger partial charge in [0.15, 0.2) is 0 Å². The SMILES string of the molecule is CCCCN(CCCO)C(=O)CN1C[C@H](c2ccc3c(c2)CCO3)C[C@@H]1CCC1CCCCO1. The van der Waals surface area contributed by atoms with E-state index in [1.54, 1.807) is 0 Å². The quantitative estimate of drug-likeness (QED) is 0.495. The van der Waals surface area contributed by atoms with Crippen LogP contribution in [0.1, 0.15) is 81.8 Å². The molecule has 0 radical (unpaired) electrons. The summed E-state index contributed by atoms with van der Waals surface area (Å²) in [7, 11) is 0. The zero-order chi connectivity index (χ0) is 23.8. The van der Waals surface area contributed by atoms with E-state index >= 15 is 0 Å². The molecule has 6 nitrogen and oxygen atoms in total. The van der Waals surface area contributed by atoms with Crippen molar-refractivity contribution in [1.29, 1.82) is 0 Å².